The van der Waals surface area contributed by atoms with Crippen molar-refractivity contribution in [2.45, 2.75) is 13.5 Å². The van der Waals surface area contributed by atoms with Gasteiger partial charge in [-0.1, -0.05) is 30.3 Å². The second-order valence-corrected chi connectivity index (χ2v) is 6.13. The van der Waals surface area contributed by atoms with Crippen LogP contribution in [0.2, 0.25) is 0 Å². The molecule has 0 atom stereocenters. The molecular weight excluding hydrogens is 389 g/mol. The van der Waals surface area contributed by atoms with Crippen LogP contribution in [0.25, 0.3) is 11.3 Å². The number of aromatic amines is 1. The second kappa shape index (κ2) is 6.39. The Labute approximate surface area is 142 Å². The standard InChI is InChI=1S/C17H16IN3O/c1-11-9-13(22-10-12-5-3-2-4-6-12)7-8-14(11)16-15(18)17(19)21-20-16/h2-9H,10H2,1H3,(H3,19,20,21). The first-order chi connectivity index (χ1) is 10.6. The number of nitrogens with two attached hydrogens (primary N) is 1. The normalized spacial score (nSPS) is 10.6. The summed E-state index contributed by atoms with van der Waals surface area (Å²) in [5, 5.41) is 7.03. The third kappa shape index (κ3) is 3.09. The van der Waals surface area contributed by atoms with E-state index >= 15 is 0 Å². The van der Waals surface area contributed by atoms with Gasteiger partial charge < -0.3 is 10.5 Å². The van der Waals surface area contributed by atoms with Gasteiger partial charge >= 0.3 is 0 Å². The average Bonchev–Trinajstić information content (AvgIpc) is 2.86. The van der Waals surface area contributed by atoms with Gasteiger partial charge in [-0.05, 0) is 58.8 Å². The van der Waals surface area contributed by atoms with Crippen molar-refractivity contribution in [3.8, 4) is 17.0 Å². The highest BCUT2D eigenvalue weighted by Crippen LogP contribution is 2.31. The zero-order valence-corrected chi connectivity index (χ0v) is 14.3. The van der Waals surface area contributed by atoms with E-state index in [1.54, 1.807) is 0 Å². The van der Waals surface area contributed by atoms with Crippen molar-refractivity contribution >= 4 is 28.4 Å². The summed E-state index contributed by atoms with van der Waals surface area (Å²) in [6.07, 6.45) is 0. The molecule has 0 aliphatic heterocycles. The van der Waals surface area contributed by atoms with Crippen molar-refractivity contribution < 1.29 is 4.74 Å². The lowest BCUT2D eigenvalue weighted by Gasteiger charge is -2.10. The van der Waals surface area contributed by atoms with Crippen LogP contribution in [0.3, 0.4) is 0 Å². The molecule has 1 aromatic heterocycles. The van der Waals surface area contributed by atoms with Crippen molar-refractivity contribution in [3.05, 3.63) is 63.2 Å². The van der Waals surface area contributed by atoms with Gasteiger partial charge in [-0.15, -0.1) is 0 Å². The van der Waals surface area contributed by atoms with Crippen molar-refractivity contribution in [1.82, 2.24) is 10.2 Å². The summed E-state index contributed by atoms with van der Waals surface area (Å²) in [5.41, 5.74) is 10.1. The first-order valence-electron chi connectivity index (χ1n) is 6.92. The second-order valence-electron chi connectivity index (χ2n) is 5.05. The molecule has 112 valence electrons. The molecule has 3 N–H and O–H groups in total. The molecule has 22 heavy (non-hydrogen) atoms. The first kappa shape index (κ1) is 14.9. The van der Waals surface area contributed by atoms with E-state index in [-0.39, 0.29) is 0 Å². The van der Waals surface area contributed by atoms with E-state index in [4.69, 9.17) is 10.5 Å². The molecule has 0 saturated heterocycles. The van der Waals surface area contributed by atoms with Gasteiger partial charge in [0.1, 0.15) is 12.4 Å². The lowest BCUT2D eigenvalue weighted by atomic mass is 10.1. The Morgan fingerprint density at radius 3 is 2.59 bits per heavy atom. The highest BCUT2D eigenvalue weighted by Gasteiger charge is 2.12. The molecule has 0 radical (unpaired) electrons. The fourth-order valence-electron chi connectivity index (χ4n) is 2.27. The smallest absolute Gasteiger partial charge is 0.159 e. The van der Waals surface area contributed by atoms with Gasteiger partial charge in [0.15, 0.2) is 5.82 Å². The Balaban J connectivity index is 1.79. The van der Waals surface area contributed by atoms with Gasteiger partial charge in [0.05, 0.1) is 9.26 Å². The van der Waals surface area contributed by atoms with Crippen LogP contribution in [-0.4, -0.2) is 10.2 Å². The van der Waals surface area contributed by atoms with Crippen LogP contribution in [0.1, 0.15) is 11.1 Å². The molecule has 0 fully saturated rings. The molecule has 0 saturated carbocycles. The van der Waals surface area contributed by atoms with Crippen LogP contribution >= 0.6 is 22.6 Å². The number of ether oxygens (including phenoxy) is 1. The van der Waals surface area contributed by atoms with Crippen molar-refractivity contribution in [3.63, 3.8) is 0 Å². The van der Waals surface area contributed by atoms with Gasteiger partial charge in [-0.2, -0.15) is 5.10 Å². The van der Waals surface area contributed by atoms with Crippen LogP contribution < -0.4 is 10.5 Å². The summed E-state index contributed by atoms with van der Waals surface area (Å²) < 4.78 is 6.79. The lowest BCUT2D eigenvalue weighted by molar-refractivity contribution is 0.306. The Morgan fingerprint density at radius 1 is 1.18 bits per heavy atom. The summed E-state index contributed by atoms with van der Waals surface area (Å²) in [6.45, 7) is 2.62. The maximum atomic E-state index is 5.85. The van der Waals surface area contributed by atoms with Crippen LogP contribution in [0.15, 0.2) is 48.5 Å². The molecule has 0 amide bonds. The molecule has 3 rings (SSSR count). The molecule has 0 aliphatic carbocycles. The minimum Gasteiger partial charge on any atom is -0.489 e. The van der Waals surface area contributed by atoms with Crippen molar-refractivity contribution in [1.29, 1.82) is 0 Å². The van der Waals surface area contributed by atoms with Gasteiger partial charge in [0.2, 0.25) is 0 Å². The fourth-order valence-corrected chi connectivity index (χ4v) is 2.80. The first-order valence-corrected chi connectivity index (χ1v) is 8.00. The van der Waals surface area contributed by atoms with Crippen molar-refractivity contribution in [2.75, 3.05) is 5.73 Å². The van der Waals surface area contributed by atoms with E-state index in [1.165, 1.54) is 0 Å². The van der Waals surface area contributed by atoms with Crippen molar-refractivity contribution in [2.24, 2.45) is 0 Å². The minimum atomic E-state index is 0.527. The quantitative estimate of drug-likeness (QED) is 0.641. The monoisotopic (exact) mass is 405 g/mol. The number of benzene rings is 2. The zero-order valence-electron chi connectivity index (χ0n) is 12.1. The predicted molar refractivity (Wildman–Crippen MR) is 96.7 cm³/mol. The number of nitrogen functional groups attached to an aromatic ring is 1. The topological polar surface area (TPSA) is 63.9 Å². The van der Waals surface area contributed by atoms with Crippen LogP contribution in [-0.2, 0) is 6.61 Å². The third-order valence-corrected chi connectivity index (χ3v) is 4.54. The maximum Gasteiger partial charge on any atom is 0.159 e. The molecule has 1 heterocycles. The summed E-state index contributed by atoms with van der Waals surface area (Å²) >= 11 is 2.20. The number of hydrogen-bond donors (Lipinski definition) is 2. The number of rotatable bonds is 4. The minimum absolute atomic E-state index is 0.527. The highest BCUT2D eigenvalue weighted by atomic mass is 127. The Morgan fingerprint density at radius 2 is 1.95 bits per heavy atom. The predicted octanol–water partition coefficient (Wildman–Crippen LogP) is 4.15. The molecule has 5 heteroatoms. The number of anilines is 1. The van der Waals surface area contributed by atoms with E-state index in [0.29, 0.717) is 12.4 Å². The zero-order chi connectivity index (χ0) is 15.5. The Bertz CT molecular complexity index is 784. The van der Waals surface area contributed by atoms with E-state index in [1.807, 2.05) is 36.4 Å². The Hall–Kier alpha value is -2.02. The molecule has 0 spiro atoms. The Kier molecular flexibility index (Phi) is 4.33. The van der Waals surface area contributed by atoms with Gasteiger partial charge in [0, 0.05) is 5.56 Å². The molecule has 2 aromatic carbocycles. The van der Waals surface area contributed by atoms with Crippen LogP contribution in [0, 0.1) is 10.5 Å². The van der Waals surface area contributed by atoms with Crippen LogP contribution in [0.4, 0.5) is 5.82 Å². The highest BCUT2D eigenvalue weighted by molar-refractivity contribution is 14.1. The number of aromatic nitrogens is 2. The molecule has 0 bridgehead atoms. The number of nitrogens with zero attached hydrogens (tertiary/aromatic N) is 1. The molecule has 3 aromatic rings. The number of aryl methyl sites for hydroxylation is 1. The van der Waals surface area contributed by atoms with E-state index in [0.717, 1.165) is 31.7 Å². The summed E-state index contributed by atoms with van der Waals surface area (Å²) in [7, 11) is 0. The SMILES string of the molecule is Cc1cc(OCc2ccccc2)ccc1-c1[nH]nc(N)c1I. The summed E-state index contributed by atoms with van der Waals surface area (Å²) in [6, 6.07) is 16.2. The van der Waals surface area contributed by atoms with Crippen LogP contribution in [0.5, 0.6) is 5.75 Å². The lowest BCUT2D eigenvalue weighted by Crippen LogP contribution is -1.96. The fraction of sp³-hybridized carbons (Fsp3) is 0.118. The van der Waals surface area contributed by atoms with Gasteiger partial charge in [0.25, 0.3) is 0 Å². The molecule has 0 aliphatic rings. The number of halogens is 1. The molecule has 0 unspecified atom stereocenters. The largest absolute Gasteiger partial charge is 0.489 e. The maximum absolute atomic E-state index is 5.85. The molecular formula is C17H16IN3O. The number of H-pyrrole nitrogens is 1. The average molecular weight is 405 g/mol. The van der Waals surface area contributed by atoms with E-state index < -0.39 is 0 Å². The van der Waals surface area contributed by atoms with Gasteiger partial charge in [-0.3, -0.25) is 5.10 Å². The summed E-state index contributed by atoms with van der Waals surface area (Å²) in [5.74, 6) is 1.38. The number of nitrogens with one attached hydrogen (secondary N) is 1. The van der Waals surface area contributed by atoms with E-state index in [9.17, 15) is 0 Å². The summed E-state index contributed by atoms with van der Waals surface area (Å²) in [4.78, 5) is 0. The van der Waals surface area contributed by atoms with E-state index in [2.05, 4.69) is 51.8 Å². The third-order valence-electron chi connectivity index (χ3n) is 3.45. The number of hydrogen-bond acceptors (Lipinski definition) is 3. The molecule has 4 nitrogen and oxygen atoms in total. The van der Waals surface area contributed by atoms with Gasteiger partial charge in [-0.25, -0.2) is 0 Å².